The predicted octanol–water partition coefficient (Wildman–Crippen LogP) is 5.15. The van der Waals surface area contributed by atoms with Crippen LogP contribution in [0, 0.1) is 0 Å². The van der Waals surface area contributed by atoms with Gasteiger partial charge in [-0.15, -0.1) is 0 Å². The summed E-state index contributed by atoms with van der Waals surface area (Å²) >= 11 is 6.04. The molecular weight excluding hydrogens is 344 g/mol. The van der Waals surface area contributed by atoms with E-state index in [1.807, 2.05) is 18.2 Å². The Kier molecular flexibility index (Phi) is 3.44. The lowest BCUT2D eigenvalue weighted by Gasteiger charge is -2.06. The van der Waals surface area contributed by atoms with Gasteiger partial charge in [0, 0.05) is 11.6 Å². The Balaban J connectivity index is 1.67. The lowest BCUT2D eigenvalue weighted by Crippen LogP contribution is -2.20. The molecule has 26 heavy (non-hydrogen) atoms. The Hall–Kier alpha value is -2.91. The zero-order valence-corrected chi connectivity index (χ0v) is 14.7. The van der Waals surface area contributed by atoms with Crippen molar-refractivity contribution < 1.29 is 0 Å². The summed E-state index contributed by atoms with van der Waals surface area (Å²) in [4.78, 5) is 17.5. The summed E-state index contributed by atoms with van der Waals surface area (Å²) < 4.78 is 1.76. The van der Waals surface area contributed by atoms with Crippen molar-refractivity contribution in [3.8, 4) is 0 Å². The van der Waals surface area contributed by atoms with E-state index in [4.69, 9.17) is 16.6 Å². The van der Waals surface area contributed by atoms with Crippen LogP contribution in [-0.2, 0) is 6.54 Å². The third-order valence-electron chi connectivity index (χ3n) is 4.92. The molecule has 126 valence electrons. The number of hydrogen-bond donors (Lipinski definition) is 0. The van der Waals surface area contributed by atoms with Gasteiger partial charge in [-0.05, 0) is 58.7 Å². The summed E-state index contributed by atoms with van der Waals surface area (Å²) in [5, 5.41) is 3.56. The molecule has 0 amide bonds. The van der Waals surface area contributed by atoms with Gasteiger partial charge in [0.25, 0.3) is 5.56 Å². The van der Waals surface area contributed by atoms with Crippen LogP contribution in [0.2, 0.25) is 5.02 Å². The second-order valence-corrected chi connectivity index (χ2v) is 7.02. The molecule has 0 saturated heterocycles. The number of rotatable bonds is 1. The van der Waals surface area contributed by atoms with Crippen molar-refractivity contribution in [3.05, 3.63) is 87.4 Å². The number of halogens is 1. The second-order valence-electron chi connectivity index (χ2n) is 6.58. The number of allylic oxidation sites excluding steroid dienone is 1. The van der Waals surface area contributed by atoms with Crippen LogP contribution in [0.4, 0.5) is 0 Å². The number of hydrogen-bond acceptors (Lipinski definition) is 2. The highest BCUT2D eigenvalue weighted by Gasteiger charge is 2.20. The molecule has 0 bridgehead atoms. The quantitative estimate of drug-likeness (QED) is 0.471. The molecule has 0 aliphatic carbocycles. The molecule has 0 unspecified atom stereocenters. The molecule has 4 aromatic rings. The van der Waals surface area contributed by atoms with Crippen molar-refractivity contribution >= 4 is 44.9 Å². The average molecular weight is 359 g/mol. The fourth-order valence-corrected chi connectivity index (χ4v) is 3.80. The Morgan fingerprint density at radius 3 is 2.73 bits per heavy atom. The molecule has 0 radical (unpaired) electrons. The van der Waals surface area contributed by atoms with Crippen LogP contribution in [0.25, 0.3) is 33.3 Å². The molecule has 3 nitrogen and oxygen atoms in total. The molecule has 3 aromatic carbocycles. The summed E-state index contributed by atoms with van der Waals surface area (Å²) in [7, 11) is 0. The van der Waals surface area contributed by atoms with Gasteiger partial charge in [0.15, 0.2) is 0 Å². The Labute approximate surface area is 155 Å². The zero-order chi connectivity index (χ0) is 17.7. The molecule has 0 saturated carbocycles. The normalized spacial score (nSPS) is 15.0. The molecular formula is C22H15ClN2O. The van der Waals surface area contributed by atoms with Crippen LogP contribution in [0.1, 0.15) is 17.8 Å². The number of fused-ring (bicyclic) bond motifs is 3. The highest BCUT2D eigenvalue weighted by Crippen LogP contribution is 2.29. The minimum absolute atomic E-state index is 0.0191. The lowest BCUT2D eigenvalue weighted by atomic mass is 10.0. The van der Waals surface area contributed by atoms with Gasteiger partial charge >= 0.3 is 0 Å². The summed E-state index contributed by atoms with van der Waals surface area (Å²) in [5.41, 5.74) is 2.89. The molecule has 1 aliphatic rings. The van der Waals surface area contributed by atoms with Gasteiger partial charge in [-0.25, -0.2) is 4.98 Å². The van der Waals surface area contributed by atoms with Crippen LogP contribution in [0.15, 0.2) is 65.5 Å². The number of benzene rings is 3. The van der Waals surface area contributed by atoms with Crippen LogP contribution >= 0.6 is 11.6 Å². The van der Waals surface area contributed by atoms with Crippen molar-refractivity contribution in [2.24, 2.45) is 0 Å². The Morgan fingerprint density at radius 2 is 1.85 bits per heavy atom. The van der Waals surface area contributed by atoms with Crippen molar-refractivity contribution in [2.75, 3.05) is 0 Å². The van der Waals surface area contributed by atoms with Crippen molar-refractivity contribution in [1.29, 1.82) is 0 Å². The summed E-state index contributed by atoms with van der Waals surface area (Å²) in [6.45, 7) is 0.656. The first-order valence-electron chi connectivity index (χ1n) is 8.59. The maximum atomic E-state index is 12.8. The molecule has 0 spiro atoms. The molecule has 2 heterocycles. The van der Waals surface area contributed by atoms with Gasteiger partial charge in [-0.1, -0.05) is 48.0 Å². The summed E-state index contributed by atoms with van der Waals surface area (Å²) in [5.74, 6) is 0.762. The van der Waals surface area contributed by atoms with Crippen molar-refractivity contribution in [3.63, 3.8) is 0 Å². The fourth-order valence-electron chi connectivity index (χ4n) is 3.63. The maximum Gasteiger partial charge on any atom is 0.261 e. The molecule has 0 atom stereocenters. The Morgan fingerprint density at radius 1 is 1.00 bits per heavy atom. The molecule has 5 rings (SSSR count). The van der Waals surface area contributed by atoms with Gasteiger partial charge in [0.05, 0.1) is 10.9 Å². The maximum absolute atomic E-state index is 12.8. The van der Waals surface area contributed by atoms with Gasteiger partial charge < -0.3 is 0 Å². The van der Waals surface area contributed by atoms with Crippen molar-refractivity contribution in [1.82, 2.24) is 9.55 Å². The average Bonchev–Trinajstić information content (AvgIpc) is 3.05. The van der Waals surface area contributed by atoms with Gasteiger partial charge in [-0.2, -0.15) is 0 Å². The van der Waals surface area contributed by atoms with E-state index in [2.05, 4.69) is 36.4 Å². The minimum Gasteiger partial charge on any atom is -0.292 e. The van der Waals surface area contributed by atoms with Crippen molar-refractivity contribution in [2.45, 2.75) is 13.0 Å². The minimum atomic E-state index is -0.0191. The first-order chi connectivity index (χ1) is 12.7. The van der Waals surface area contributed by atoms with E-state index >= 15 is 0 Å². The van der Waals surface area contributed by atoms with E-state index in [-0.39, 0.29) is 5.56 Å². The second kappa shape index (κ2) is 5.82. The highest BCUT2D eigenvalue weighted by atomic mass is 35.5. The lowest BCUT2D eigenvalue weighted by molar-refractivity contribution is 0.725. The van der Waals surface area contributed by atoms with Gasteiger partial charge in [0.2, 0.25) is 0 Å². The summed E-state index contributed by atoms with van der Waals surface area (Å²) in [6, 6.07) is 20.0. The monoisotopic (exact) mass is 358 g/mol. The van der Waals surface area contributed by atoms with Crippen LogP contribution < -0.4 is 5.56 Å². The van der Waals surface area contributed by atoms with E-state index in [1.54, 1.807) is 16.7 Å². The highest BCUT2D eigenvalue weighted by molar-refractivity contribution is 6.31. The largest absolute Gasteiger partial charge is 0.292 e. The predicted molar refractivity (Wildman–Crippen MR) is 107 cm³/mol. The van der Waals surface area contributed by atoms with Gasteiger partial charge in [-0.3, -0.25) is 9.36 Å². The fraction of sp³-hybridized carbons (Fsp3) is 0.0909. The van der Waals surface area contributed by atoms with E-state index in [9.17, 15) is 4.79 Å². The van der Waals surface area contributed by atoms with Crippen LogP contribution in [-0.4, -0.2) is 9.55 Å². The summed E-state index contributed by atoms with van der Waals surface area (Å²) in [6.07, 6.45) is 2.94. The first-order valence-corrected chi connectivity index (χ1v) is 8.97. The molecule has 0 fully saturated rings. The zero-order valence-electron chi connectivity index (χ0n) is 13.9. The molecule has 0 N–H and O–H groups in total. The topological polar surface area (TPSA) is 34.9 Å². The number of nitrogens with zero attached hydrogens (tertiary/aromatic N) is 2. The third-order valence-corrected chi connectivity index (χ3v) is 5.16. The smallest absolute Gasteiger partial charge is 0.261 e. The standard InChI is InChI=1S/C22H15ClN2O/c23-18-7-8-20-19(13-18)22(26)25-10-9-17(21(25)24-20)12-14-5-6-15-3-1-2-4-16(15)11-14/h1-8,11-13H,9-10H2. The molecule has 1 aliphatic heterocycles. The van der Waals surface area contributed by atoms with E-state index in [0.717, 1.165) is 23.4 Å². The third kappa shape index (κ3) is 2.44. The van der Waals surface area contributed by atoms with Gasteiger partial charge in [0.1, 0.15) is 5.82 Å². The van der Waals surface area contributed by atoms with E-state index in [0.29, 0.717) is 22.5 Å². The van der Waals surface area contributed by atoms with Crippen LogP contribution in [0.5, 0.6) is 0 Å². The van der Waals surface area contributed by atoms with E-state index < -0.39 is 0 Å². The number of aromatic nitrogens is 2. The molecule has 4 heteroatoms. The Bertz CT molecular complexity index is 1270. The first kappa shape index (κ1) is 15.4. The van der Waals surface area contributed by atoms with E-state index in [1.165, 1.54) is 10.8 Å². The SMILES string of the molecule is O=c1c2cc(Cl)ccc2nc2n1CCC2=Cc1ccc2ccccc2c1. The molecule has 1 aromatic heterocycles. The van der Waals surface area contributed by atoms with Crippen LogP contribution in [0.3, 0.4) is 0 Å².